The first-order chi connectivity index (χ1) is 14.6. The average Bonchev–Trinajstić information content (AvgIpc) is 2.72. The highest BCUT2D eigenvalue weighted by Crippen LogP contribution is 2.25. The number of ether oxygens (including phenoxy) is 3. The molecule has 8 heteroatoms. The van der Waals surface area contributed by atoms with Crippen molar-refractivity contribution < 1.29 is 29.6 Å². The van der Waals surface area contributed by atoms with Gasteiger partial charge in [-0.3, -0.25) is 0 Å². The van der Waals surface area contributed by atoms with E-state index in [1.54, 1.807) is 40.9 Å². The number of anilines is 1. The number of halogens is 1. The van der Waals surface area contributed by atoms with E-state index in [-0.39, 0.29) is 20.2 Å². The molecule has 7 nitrogen and oxygen atoms in total. The monoisotopic (exact) mass is 436 g/mol. The standard InChI is InChI=1S/C21H25FN2O5.C2H6.H2/c1-13-10-24-19(23-5)18(20(26)29-21(2,3)4)16(13)11-28-17(25)12-27-15-8-6-14(22)7-9-15;1-2;/h6-10H,11-12H2,1-5H3,(H,23,24);1-2H3;1H. The highest BCUT2D eigenvalue weighted by Gasteiger charge is 2.25. The molecule has 0 amide bonds. The van der Waals surface area contributed by atoms with Gasteiger partial charge in [0.15, 0.2) is 6.61 Å². The molecular formula is C23H33FN2O5. The van der Waals surface area contributed by atoms with Crippen LogP contribution in [0, 0.1) is 12.7 Å². The Labute approximate surface area is 184 Å². The molecule has 0 aliphatic carbocycles. The first-order valence-electron chi connectivity index (χ1n) is 10.0. The van der Waals surface area contributed by atoms with Crippen molar-refractivity contribution in [1.82, 2.24) is 4.98 Å². The summed E-state index contributed by atoms with van der Waals surface area (Å²) in [5.74, 6) is -0.921. The molecule has 1 heterocycles. The molecule has 0 atom stereocenters. The van der Waals surface area contributed by atoms with Crippen molar-refractivity contribution in [2.45, 2.75) is 53.8 Å². The number of pyridine rings is 1. The van der Waals surface area contributed by atoms with Crippen LogP contribution in [-0.4, -0.2) is 36.2 Å². The van der Waals surface area contributed by atoms with E-state index in [1.165, 1.54) is 24.3 Å². The van der Waals surface area contributed by atoms with E-state index in [2.05, 4.69) is 10.3 Å². The maximum absolute atomic E-state index is 12.9. The zero-order valence-electron chi connectivity index (χ0n) is 19.2. The van der Waals surface area contributed by atoms with Crippen LogP contribution >= 0.6 is 0 Å². The Morgan fingerprint density at radius 2 is 1.77 bits per heavy atom. The second-order valence-corrected chi connectivity index (χ2v) is 7.30. The van der Waals surface area contributed by atoms with Crippen molar-refractivity contribution in [3.8, 4) is 5.75 Å². The second kappa shape index (κ2) is 11.9. The number of carbonyl (C=O) groups excluding carboxylic acids is 2. The Hall–Kier alpha value is -3.16. The van der Waals surface area contributed by atoms with Crippen LogP contribution in [-0.2, 0) is 20.9 Å². The molecule has 0 saturated heterocycles. The van der Waals surface area contributed by atoms with Crippen LogP contribution in [0.15, 0.2) is 30.5 Å². The van der Waals surface area contributed by atoms with E-state index < -0.39 is 23.4 Å². The fraction of sp³-hybridized carbons (Fsp3) is 0.435. The number of rotatable bonds is 7. The summed E-state index contributed by atoms with van der Waals surface area (Å²) in [5, 5.41) is 2.86. The first kappa shape index (κ1) is 25.9. The van der Waals surface area contributed by atoms with Gasteiger partial charge in [0.1, 0.15) is 35.2 Å². The quantitative estimate of drug-likeness (QED) is 0.617. The van der Waals surface area contributed by atoms with Crippen molar-refractivity contribution in [2.75, 3.05) is 19.0 Å². The Kier molecular flexibility index (Phi) is 9.92. The number of nitrogens with zero attached hydrogens (tertiary/aromatic N) is 1. The molecule has 0 spiro atoms. The molecule has 172 valence electrons. The molecule has 31 heavy (non-hydrogen) atoms. The molecule has 0 aliphatic rings. The maximum Gasteiger partial charge on any atom is 0.344 e. The molecule has 0 aliphatic heterocycles. The topological polar surface area (TPSA) is 86.8 Å². The lowest BCUT2D eigenvalue weighted by atomic mass is 10.0. The van der Waals surface area contributed by atoms with E-state index in [4.69, 9.17) is 14.2 Å². The Bertz CT molecular complexity index is 883. The minimum Gasteiger partial charge on any atom is -0.482 e. The largest absolute Gasteiger partial charge is 0.482 e. The normalized spacial score (nSPS) is 10.5. The molecule has 1 aromatic heterocycles. The highest BCUT2D eigenvalue weighted by atomic mass is 19.1. The van der Waals surface area contributed by atoms with Gasteiger partial charge in [-0.2, -0.15) is 0 Å². The maximum atomic E-state index is 12.9. The van der Waals surface area contributed by atoms with Gasteiger partial charge in [-0.25, -0.2) is 19.0 Å². The van der Waals surface area contributed by atoms with E-state index in [0.717, 1.165) is 0 Å². The van der Waals surface area contributed by atoms with Gasteiger partial charge < -0.3 is 19.5 Å². The third-order valence-corrected chi connectivity index (χ3v) is 3.79. The van der Waals surface area contributed by atoms with Crippen LogP contribution in [0.5, 0.6) is 5.75 Å². The molecule has 0 radical (unpaired) electrons. The van der Waals surface area contributed by atoms with E-state index in [0.29, 0.717) is 22.7 Å². The third-order valence-electron chi connectivity index (χ3n) is 3.79. The van der Waals surface area contributed by atoms with Gasteiger partial charge in [-0.05, 0) is 57.5 Å². The summed E-state index contributed by atoms with van der Waals surface area (Å²) in [6.45, 7) is 10.6. The van der Waals surface area contributed by atoms with Crippen LogP contribution in [0.1, 0.15) is 57.5 Å². The van der Waals surface area contributed by atoms with E-state index in [1.807, 2.05) is 13.8 Å². The van der Waals surface area contributed by atoms with Gasteiger partial charge >= 0.3 is 11.9 Å². The second-order valence-electron chi connectivity index (χ2n) is 7.30. The molecule has 2 aromatic rings. The Morgan fingerprint density at radius 3 is 2.32 bits per heavy atom. The molecule has 1 N–H and O–H groups in total. The summed E-state index contributed by atoms with van der Waals surface area (Å²) in [7, 11) is 1.64. The summed E-state index contributed by atoms with van der Waals surface area (Å²) in [6.07, 6.45) is 1.58. The van der Waals surface area contributed by atoms with Gasteiger partial charge in [0.2, 0.25) is 0 Å². The summed E-state index contributed by atoms with van der Waals surface area (Å²) in [5.41, 5.74) is 0.698. The van der Waals surface area contributed by atoms with Gasteiger partial charge in [-0.15, -0.1) is 0 Å². The fourth-order valence-corrected chi connectivity index (χ4v) is 2.44. The van der Waals surface area contributed by atoms with Gasteiger partial charge in [-0.1, -0.05) is 13.8 Å². The number of esters is 2. The van der Waals surface area contributed by atoms with Crippen LogP contribution in [0.4, 0.5) is 10.2 Å². The molecule has 0 unspecified atom stereocenters. The lowest BCUT2D eigenvalue weighted by Crippen LogP contribution is -2.26. The lowest BCUT2D eigenvalue weighted by Gasteiger charge is -2.22. The molecule has 0 saturated carbocycles. The number of aryl methyl sites for hydroxylation is 1. The van der Waals surface area contributed by atoms with Crippen molar-refractivity contribution >= 4 is 17.8 Å². The number of hydrogen-bond acceptors (Lipinski definition) is 7. The van der Waals surface area contributed by atoms with Crippen molar-refractivity contribution in [3.63, 3.8) is 0 Å². The number of aromatic nitrogens is 1. The number of nitrogens with one attached hydrogen (secondary N) is 1. The molecule has 2 rings (SSSR count). The average molecular weight is 437 g/mol. The van der Waals surface area contributed by atoms with Gasteiger partial charge in [0.25, 0.3) is 0 Å². The first-order valence-corrected chi connectivity index (χ1v) is 10.0. The van der Waals surface area contributed by atoms with Crippen molar-refractivity contribution in [3.05, 3.63) is 53.0 Å². The van der Waals surface area contributed by atoms with E-state index >= 15 is 0 Å². The third kappa shape index (κ3) is 8.24. The fourth-order valence-electron chi connectivity index (χ4n) is 2.44. The molecular weight excluding hydrogens is 403 g/mol. The van der Waals surface area contributed by atoms with Crippen LogP contribution < -0.4 is 10.1 Å². The van der Waals surface area contributed by atoms with E-state index in [9.17, 15) is 14.0 Å². The predicted octanol–water partition coefficient (Wildman–Crippen LogP) is 4.92. The van der Waals surface area contributed by atoms with Crippen LogP contribution in [0.3, 0.4) is 0 Å². The summed E-state index contributed by atoms with van der Waals surface area (Å²) >= 11 is 0. The Morgan fingerprint density at radius 1 is 1.16 bits per heavy atom. The zero-order chi connectivity index (χ0) is 23.6. The minimum absolute atomic E-state index is 0. The van der Waals surface area contributed by atoms with Crippen LogP contribution in [0.2, 0.25) is 0 Å². The summed E-state index contributed by atoms with van der Waals surface area (Å²) in [6, 6.07) is 5.28. The smallest absolute Gasteiger partial charge is 0.344 e. The van der Waals surface area contributed by atoms with Gasteiger partial charge in [0, 0.05) is 20.2 Å². The lowest BCUT2D eigenvalue weighted by molar-refractivity contribution is -0.147. The molecule has 0 bridgehead atoms. The number of benzene rings is 1. The van der Waals surface area contributed by atoms with Crippen LogP contribution in [0.25, 0.3) is 0 Å². The SMILES string of the molecule is CC.CNc1ncc(C)c(COC(=O)COc2ccc(F)cc2)c1C(=O)OC(C)(C)C.[HH]. The molecule has 1 aromatic carbocycles. The highest BCUT2D eigenvalue weighted by molar-refractivity contribution is 5.97. The molecule has 0 fully saturated rings. The number of hydrogen-bond donors (Lipinski definition) is 1. The summed E-state index contributed by atoms with van der Waals surface area (Å²) in [4.78, 5) is 29.0. The Balaban J connectivity index is 0.00000311. The van der Waals surface area contributed by atoms with Crippen molar-refractivity contribution in [2.24, 2.45) is 0 Å². The minimum atomic E-state index is -0.692. The van der Waals surface area contributed by atoms with Gasteiger partial charge in [0.05, 0.1) is 0 Å². The zero-order valence-corrected chi connectivity index (χ0v) is 19.2. The number of carbonyl (C=O) groups is 2. The van der Waals surface area contributed by atoms with Crippen molar-refractivity contribution in [1.29, 1.82) is 0 Å². The predicted molar refractivity (Wildman–Crippen MR) is 119 cm³/mol. The summed E-state index contributed by atoms with van der Waals surface area (Å²) < 4.78 is 28.9.